The molecule has 1 aromatic carbocycles. The van der Waals surface area contributed by atoms with Gasteiger partial charge in [0.1, 0.15) is 0 Å². The number of hydrogen-bond donors (Lipinski definition) is 1. The van der Waals surface area contributed by atoms with Gasteiger partial charge < -0.3 is 5.11 Å². The van der Waals surface area contributed by atoms with Gasteiger partial charge in [0.25, 0.3) is 0 Å². The van der Waals surface area contributed by atoms with E-state index in [1.165, 1.54) is 30.4 Å². The molecule has 1 heteroatoms. The summed E-state index contributed by atoms with van der Waals surface area (Å²) in [5.74, 6) is 0.695. The summed E-state index contributed by atoms with van der Waals surface area (Å²) in [6.45, 7) is 4.14. The highest BCUT2D eigenvalue weighted by atomic mass is 16.3. The Kier molecular flexibility index (Phi) is 3.34. The first-order valence-electron chi connectivity index (χ1n) is 6.53. The number of benzene rings is 1. The van der Waals surface area contributed by atoms with Crippen molar-refractivity contribution in [1.82, 2.24) is 0 Å². The zero-order valence-corrected chi connectivity index (χ0v) is 10.4. The first kappa shape index (κ1) is 11.7. The van der Waals surface area contributed by atoms with Gasteiger partial charge in [-0.1, -0.05) is 44.5 Å². The van der Waals surface area contributed by atoms with Crippen molar-refractivity contribution in [3.63, 3.8) is 0 Å². The standard InChI is InChI=1S/C15H22O/c1-3-15(16,4-2)14-11-6-5-10-13(14)12-8-7-9-12/h5-6,10-12,16H,3-4,7-9H2,1-2H3. The van der Waals surface area contributed by atoms with Gasteiger partial charge in [0.05, 0.1) is 5.60 Å². The number of hydrogen-bond acceptors (Lipinski definition) is 1. The van der Waals surface area contributed by atoms with E-state index in [4.69, 9.17) is 0 Å². The fourth-order valence-electron chi connectivity index (χ4n) is 2.63. The normalized spacial score (nSPS) is 17.2. The van der Waals surface area contributed by atoms with Crippen LogP contribution in [0.4, 0.5) is 0 Å². The van der Waals surface area contributed by atoms with E-state index >= 15 is 0 Å². The highest BCUT2D eigenvalue weighted by molar-refractivity contribution is 5.36. The lowest BCUT2D eigenvalue weighted by atomic mass is 9.74. The molecule has 0 bridgehead atoms. The zero-order valence-electron chi connectivity index (χ0n) is 10.4. The summed E-state index contributed by atoms with van der Waals surface area (Å²) in [4.78, 5) is 0. The third-order valence-corrected chi connectivity index (χ3v) is 4.18. The molecule has 0 spiro atoms. The van der Waals surface area contributed by atoms with Crippen molar-refractivity contribution in [3.8, 4) is 0 Å². The Morgan fingerprint density at radius 2 is 1.81 bits per heavy atom. The van der Waals surface area contributed by atoms with Crippen LogP contribution in [-0.2, 0) is 5.60 Å². The minimum atomic E-state index is -0.619. The monoisotopic (exact) mass is 218 g/mol. The van der Waals surface area contributed by atoms with E-state index in [9.17, 15) is 5.11 Å². The van der Waals surface area contributed by atoms with Crippen molar-refractivity contribution in [3.05, 3.63) is 35.4 Å². The van der Waals surface area contributed by atoms with E-state index in [0.717, 1.165) is 12.8 Å². The topological polar surface area (TPSA) is 20.2 Å². The number of aliphatic hydroxyl groups is 1. The predicted molar refractivity (Wildman–Crippen MR) is 67.5 cm³/mol. The third-order valence-electron chi connectivity index (χ3n) is 4.18. The average Bonchev–Trinajstić information content (AvgIpc) is 2.27. The average molecular weight is 218 g/mol. The Hall–Kier alpha value is -0.820. The predicted octanol–water partition coefficient (Wildman–Crippen LogP) is 3.96. The molecule has 0 aromatic heterocycles. The lowest BCUT2D eigenvalue weighted by Gasteiger charge is -2.34. The van der Waals surface area contributed by atoms with Crippen LogP contribution in [-0.4, -0.2) is 5.11 Å². The second-order valence-electron chi connectivity index (χ2n) is 4.95. The van der Waals surface area contributed by atoms with Gasteiger partial charge >= 0.3 is 0 Å². The summed E-state index contributed by atoms with van der Waals surface area (Å²) in [6.07, 6.45) is 5.52. The zero-order chi connectivity index (χ0) is 11.6. The molecule has 0 radical (unpaired) electrons. The molecule has 1 aromatic rings. The fraction of sp³-hybridized carbons (Fsp3) is 0.600. The lowest BCUT2D eigenvalue weighted by Crippen LogP contribution is -2.27. The molecule has 0 aliphatic heterocycles. The largest absolute Gasteiger partial charge is 0.385 e. The Morgan fingerprint density at radius 1 is 1.19 bits per heavy atom. The molecule has 0 unspecified atom stereocenters. The van der Waals surface area contributed by atoms with Gasteiger partial charge in [-0.2, -0.15) is 0 Å². The third kappa shape index (κ3) is 1.89. The minimum Gasteiger partial charge on any atom is -0.385 e. The van der Waals surface area contributed by atoms with Gasteiger partial charge in [0, 0.05) is 0 Å². The first-order chi connectivity index (χ1) is 7.71. The van der Waals surface area contributed by atoms with Gasteiger partial charge in [-0.3, -0.25) is 0 Å². The van der Waals surface area contributed by atoms with Crippen molar-refractivity contribution < 1.29 is 5.11 Å². The summed E-state index contributed by atoms with van der Waals surface area (Å²) < 4.78 is 0. The maximum atomic E-state index is 10.6. The molecule has 16 heavy (non-hydrogen) atoms. The molecular formula is C15H22O. The van der Waals surface area contributed by atoms with E-state index in [-0.39, 0.29) is 0 Å². The molecule has 1 aliphatic rings. The highest BCUT2D eigenvalue weighted by Gasteiger charge is 2.31. The van der Waals surface area contributed by atoms with Gasteiger partial charge in [0.15, 0.2) is 0 Å². The van der Waals surface area contributed by atoms with E-state index in [1.807, 2.05) is 6.07 Å². The Morgan fingerprint density at radius 3 is 2.31 bits per heavy atom. The molecule has 1 saturated carbocycles. The van der Waals surface area contributed by atoms with Crippen molar-refractivity contribution in [2.45, 2.75) is 57.5 Å². The van der Waals surface area contributed by atoms with Crippen LogP contribution in [0, 0.1) is 0 Å². The van der Waals surface area contributed by atoms with Gasteiger partial charge in [-0.25, -0.2) is 0 Å². The highest BCUT2D eigenvalue weighted by Crippen LogP contribution is 2.42. The van der Waals surface area contributed by atoms with Crippen molar-refractivity contribution >= 4 is 0 Å². The second-order valence-corrected chi connectivity index (χ2v) is 4.95. The van der Waals surface area contributed by atoms with Gasteiger partial charge in [-0.05, 0) is 42.7 Å². The molecule has 0 saturated heterocycles. The SMILES string of the molecule is CCC(O)(CC)c1ccccc1C1CCC1. The Labute approximate surface area is 98.5 Å². The Balaban J connectivity index is 2.38. The minimum absolute atomic E-state index is 0.619. The molecular weight excluding hydrogens is 196 g/mol. The molecule has 1 N–H and O–H groups in total. The van der Waals surface area contributed by atoms with Crippen LogP contribution in [0.15, 0.2) is 24.3 Å². The fourth-order valence-corrected chi connectivity index (χ4v) is 2.63. The van der Waals surface area contributed by atoms with Crippen LogP contribution >= 0.6 is 0 Å². The molecule has 1 nitrogen and oxygen atoms in total. The summed E-state index contributed by atoms with van der Waals surface area (Å²) in [5.41, 5.74) is 1.94. The lowest BCUT2D eigenvalue weighted by molar-refractivity contribution is 0.0267. The van der Waals surface area contributed by atoms with Crippen LogP contribution in [0.1, 0.15) is 63.0 Å². The second kappa shape index (κ2) is 4.58. The molecule has 88 valence electrons. The summed E-state index contributed by atoms with van der Waals surface area (Å²) in [6, 6.07) is 8.47. The van der Waals surface area contributed by atoms with E-state index in [2.05, 4.69) is 32.0 Å². The van der Waals surface area contributed by atoms with Crippen LogP contribution < -0.4 is 0 Å². The van der Waals surface area contributed by atoms with Crippen molar-refractivity contribution in [2.75, 3.05) is 0 Å². The van der Waals surface area contributed by atoms with Crippen LogP contribution in [0.2, 0.25) is 0 Å². The molecule has 0 heterocycles. The molecule has 2 rings (SSSR count). The van der Waals surface area contributed by atoms with E-state index in [1.54, 1.807) is 0 Å². The van der Waals surface area contributed by atoms with E-state index < -0.39 is 5.60 Å². The number of rotatable bonds is 4. The van der Waals surface area contributed by atoms with Gasteiger partial charge in [0.2, 0.25) is 0 Å². The summed E-state index contributed by atoms with van der Waals surface area (Å²) >= 11 is 0. The molecule has 1 aliphatic carbocycles. The molecule has 0 amide bonds. The Bertz CT molecular complexity index is 348. The molecule has 0 atom stereocenters. The van der Waals surface area contributed by atoms with Crippen molar-refractivity contribution in [2.24, 2.45) is 0 Å². The van der Waals surface area contributed by atoms with Crippen LogP contribution in [0.25, 0.3) is 0 Å². The summed E-state index contributed by atoms with van der Waals surface area (Å²) in [5, 5.41) is 10.6. The summed E-state index contributed by atoms with van der Waals surface area (Å²) in [7, 11) is 0. The van der Waals surface area contributed by atoms with E-state index in [0.29, 0.717) is 5.92 Å². The maximum absolute atomic E-state index is 10.6. The van der Waals surface area contributed by atoms with Crippen LogP contribution in [0.3, 0.4) is 0 Å². The molecule has 1 fully saturated rings. The van der Waals surface area contributed by atoms with Crippen molar-refractivity contribution in [1.29, 1.82) is 0 Å². The smallest absolute Gasteiger partial charge is 0.0894 e. The first-order valence-corrected chi connectivity index (χ1v) is 6.53. The quantitative estimate of drug-likeness (QED) is 0.811. The van der Waals surface area contributed by atoms with Gasteiger partial charge in [-0.15, -0.1) is 0 Å². The maximum Gasteiger partial charge on any atom is 0.0894 e. The van der Waals surface area contributed by atoms with Crippen LogP contribution in [0.5, 0.6) is 0 Å².